The van der Waals surface area contributed by atoms with Gasteiger partial charge in [0.05, 0.1) is 18.8 Å². The molecular formula is C10H12N2O. The van der Waals surface area contributed by atoms with Crippen molar-refractivity contribution in [3.05, 3.63) is 24.4 Å². The maximum absolute atomic E-state index is 5.15. The van der Waals surface area contributed by atoms with Gasteiger partial charge in [-0.2, -0.15) is 5.10 Å². The minimum atomic E-state index is 0.878. The van der Waals surface area contributed by atoms with Crippen molar-refractivity contribution in [2.75, 3.05) is 7.11 Å². The molecule has 0 bridgehead atoms. The average Bonchev–Trinajstić information content (AvgIpc) is 2.59. The number of nitrogens with zero attached hydrogens (tertiary/aromatic N) is 2. The largest absolute Gasteiger partial charge is 0.497 e. The smallest absolute Gasteiger partial charge is 0.121 e. The predicted molar refractivity (Wildman–Crippen MR) is 52.0 cm³/mol. The topological polar surface area (TPSA) is 27.1 Å². The van der Waals surface area contributed by atoms with E-state index in [0.29, 0.717) is 0 Å². The molecule has 13 heavy (non-hydrogen) atoms. The summed E-state index contributed by atoms with van der Waals surface area (Å²) in [7, 11) is 1.67. The Morgan fingerprint density at radius 3 is 3.00 bits per heavy atom. The number of fused-ring (bicyclic) bond motifs is 1. The molecule has 0 amide bonds. The Kier molecular flexibility index (Phi) is 1.93. The lowest BCUT2D eigenvalue weighted by Gasteiger charge is -2.01. The second-order valence-electron chi connectivity index (χ2n) is 2.89. The third-order valence-electron chi connectivity index (χ3n) is 2.15. The van der Waals surface area contributed by atoms with Crippen LogP contribution in [0.25, 0.3) is 10.9 Å². The van der Waals surface area contributed by atoms with E-state index in [1.54, 1.807) is 7.11 Å². The van der Waals surface area contributed by atoms with Crippen molar-refractivity contribution in [3.63, 3.8) is 0 Å². The maximum atomic E-state index is 5.15. The molecule has 1 aromatic heterocycles. The number of hydrogen-bond donors (Lipinski definition) is 0. The average molecular weight is 176 g/mol. The van der Waals surface area contributed by atoms with Crippen molar-refractivity contribution in [2.24, 2.45) is 0 Å². The van der Waals surface area contributed by atoms with Gasteiger partial charge >= 0.3 is 0 Å². The van der Waals surface area contributed by atoms with Gasteiger partial charge in [0.1, 0.15) is 5.75 Å². The standard InChI is InChI=1S/C10H12N2O/c1-3-12-10-6-9(13-2)5-4-8(10)7-11-12/h4-7H,3H2,1-2H3. The molecule has 0 unspecified atom stereocenters. The lowest BCUT2D eigenvalue weighted by molar-refractivity contribution is 0.415. The van der Waals surface area contributed by atoms with Crippen LogP contribution >= 0.6 is 0 Å². The first kappa shape index (κ1) is 8.10. The number of aromatic nitrogens is 2. The second-order valence-corrected chi connectivity index (χ2v) is 2.89. The Bertz CT molecular complexity index is 420. The lowest BCUT2D eigenvalue weighted by Crippen LogP contribution is -1.95. The van der Waals surface area contributed by atoms with E-state index in [1.165, 1.54) is 0 Å². The van der Waals surface area contributed by atoms with Gasteiger partial charge in [0, 0.05) is 18.0 Å². The van der Waals surface area contributed by atoms with Gasteiger partial charge in [0.25, 0.3) is 0 Å². The van der Waals surface area contributed by atoms with Crippen LogP contribution in [0.2, 0.25) is 0 Å². The molecule has 2 aromatic rings. The molecule has 1 aromatic carbocycles. The molecule has 0 aliphatic carbocycles. The number of benzene rings is 1. The number of ether oxygens (including phenoxy) is 1. The molecule has 3 nitrogen and oxygen atoms in total. The third kappa shape index (κ3) is 1.26. The Hall–Kier alpha value is -1.51. The van der Waals surface area contributed by atoms with Crippen molar-refractivity contribution >= 4 is 10.9 Å². The molecule has 0 saturated heterocycles. The minimum Gasteiger partial charge on any atom is -0.497 e. The molecule has 0 N–H and O–H groups in total. The van der Waals surface area contributed by atoms with Crippen LogP contribution in [0.3, 0.4) is 0 Å². The monoisotopic (exact) mass is 176 g/mol. The van der Waals surface area contributed by atoms with Crippen molar-refractivity contribution in [3.8, 4) is 5.75 Å². The van der Waals surface area contributed by atoms with E-state index in [-0.39, 0.29) is 0 Å². The zero-order chi connectivity index (χ0) is 9.26. The van der Waals surface area contributed by atoms with Crippen molar-refractivity contribution < 1.29 is 4.74 Å². The van der Waals surface area contributed by atoms with Gasteiger partial charge in [0.15, 0.2) is 0 Å². The molecule has 0 atom stereocenters. The number of aryl methyl sites for hydroxylation is 1. The fourth-order valence-corrected chi connectivity index (χ4v) is 1.43. The van der Waals surface area contributed by atoms with Gasteiger partial charge < -0.3 is 4.74 Å². The molecule has 68 valence electrons. The van der Waals surface area contributed by atoms with Crippen LogP contribution in [0.5, 0.6) is 5.75 Å². The minimum absolute atomic E-state index is 0.878. The maximum Gasteiger partial charge on any atom is 0.121 e. The van der Waals surface area contributed by atoms with Crippen LogP contribution in [-0.2, 0) is 6.54 Å². The Balaban J connectivity index is 2.64. The molecule has 0 fully saturated rings. The Morgan fingerprint density at radius 1 is 1.46 bits per heavy atom. The summed E-state index contributed by atoms with van der Waals surface area (Å²) in [6, 6.07) is 5.98. The lowest BCUT2D eigenvalue weighted by atomic mass is 10.2. The molecular weight excluding hydrogens is 164 g/mol. The van der Waals surface area contributed by atoms with Gasteiger partial charge in [-0.05, 0) is 19.1 Å². The van der Waals surface area contributed by atoms with E-state index in [9.17, 15) is 0 Å². The molecule has 0 radical (unpaired) electrons. The van der Waals surface area contributed by atoms with Gasteiger partial charge in [0.2, 0.25) is 0 Å². The van der Waals surface area contributed by atoms with Crippen LogP contribution < -0.4 is 4.74 Å². The van der Waals surface area contributed by atoms with Gasteiger partial charge in [-0.3, -0.25) is 4.68 Å². The van der Waals surface area contributed by atoms with Crippen molar-refractivity contribution in [1.82, 2.24) is 9.78 Å². The fourth-order valence-electron chi connectivity index (χ4n) is 1.43. The molecule has 0 saturated carbocycles. The van der Waals surface area contributed by atoms with Crippen LogP contribution in [0.4, 0.5) is 0 Å². The van der Waals surface area contributed by atoms with E-state index >= 15 is 0 Å². The van der Waals surface area contributed by atoms with E-state index in [1.807, 2.05) is 29.1 Å². The van der Waals surface area contributed by atoms with Gasteiger partial charge in [-0.15, -0.1) is 0 Å². The number of hydrogen-bond acceptors (Lipinski definition) is 2. The molecule has 0 aliphatic rings. The third-order valence-corrected chi connectivity index (χ3v) is 2.15. The summed E-state index contributed by atoms with van der Waals surface area (Å²) in [5.74, 6) is 0.878. The van der Waals surface area contributed by atoms with Crippen LogP contribution in [-0.4, -0.2) is 16.9 Å². The Labute approximate surface area is 76.9 Å². The highest BCUT2D eigenvalue weighted by molar-refractivity contribution is 5.80. The highest BCUT2D eigenvalue weighted by Gasteiger charge is 2.01. The second kappa shape index (κ2) is 3.09. The van der Waals surface area contributed by atoms with Crippen LogP contribution in [0.15, 0.2) is 24.4 Å². The SMILES string of the molecule is CCn1ncc2ccc(OC)cc21. The molecule has 2 rings (SSSR count). The zero-order valence-corrected chi connectivity index (χ0v) is 7.82. The van der Waals surface area contributed by atoms with Gasteiger partial charge in [-0.25, -0.2) is 0 Å². The quantitative estimate of drug-likeness (QED) is 0.700. The molecule has 1 heterocycles. The highest BCUT2D eigenvalue weighted by Crippen LogP contribution is 2.19. The van der Waals surface area contributed by atoms with E-state index in [0.717, 1.165) is 23.2 Å². The fraction of sp³-hybridized carbons (Fsp3) is 0.300. The summed E-state index contributed by atoms with van der Waals surface area (Å²) >= 11 is 0. The first-order valence-electron chi connectivity index (χ1n) is 4.34. The van der Waals surface area contributed by atoms with Gasteiger partial charge in [-0.1, -0.05) is 0 Å². The zero-order valence-electron chi connectivity index (χ0n) is 7.82. The normalized spacial score (nSPS) is 10.6. The van der Waals surface area contributed by atoms with Crippen molar-refractivity contribution in [1.29, 1.82) is 0 Å². The number of rotatable bonds is 2. The summed E-state index contributed by atoms with van der Waals surface area (Å²) in [5.41, 5.74) is 1.13. The first-order chi connectivity index (χ1) is 6.35. The number of methoxy groups -OCH3 is 1. The van der Waals surface area contributed by atoms with Crippen LogP contribution in [0, 0.1) is 0 Å². The van der Waals surface area contributed by atoms with E-state index in [4.69, 9.17) is 4.74 Å². The molecule has 3 heteroatoms. The summed E-state index contributed by atoms with van der Waals surface area (Å²) < 4.78 is 7.11. The Morgan fingerprint density at radius 2 is 2.31 bits per heavy atom. The predicted octanol–water partition coefficient (Wildman–Crippen LogP) is 2.06. The van der Waals surface area contributed by atoms with E-state index in [2.05, 4.69) is 12.0 Å². The molecule has 0 spiro atoms. The summed E-state index contributed by atoms with van der Waals surface area (Å²) in [4.78, 5) is 0. The summed E-state index contributed by atoms with van der Waals surface area (Å²) in [6.07, 6.45) is 1.87. The summed E-state index contributed by atoms with van der Waals surface area (Å²) in [6.45, 7) is 2.96. The van der Waals surface area contributed by atoms with E-state index < -0.39 is 0 Å². The molecule has 0 aliphatic heterocycles. The van der Waals surface area contributed by atoms with Crippen molar-refractivity contribution in [2.45, 2.75) is 13.5 Å². The summed E-state index contributed by atoms with van der Waals surface area (Å²) in [5, 5.41) is 5.41. The first-order valence-corrected chi connectivity index (χ1v) is 4.34. The van der Waals surface area contributed by atoms with Crippen LogP contribution in [0.1, 0.15) is 6.92 Å². The highest BCUT2D eigenvalue weighted by atomic mass is 16.5.